The number of nitrogens with one attached hydrogen (secondary N) is 1. The quantitative estimate of drug-likeness (QED) is 0.656. The van der Waals surface area contributed by atoms with Gasteiger partial charge in [0.05, 0.1) is 6.61 Å². The maximum atomic E-state index is 12.3. The van der Waals surface area contributed by atoms with E-state index in [0.717, 1.165) is 10.2 Å². The van der Waals surface area contributed by atoms with Crippen molar-refractivity contribution in [3.63, 3.8) is 0 Å². The number of pyridine rings is 1. The lowest BCUT2D eigenvalue weighted by Gasteiger charge is -2.34. The highest BCUT2D eigenvalue weighted by atomic mass is 79.9. The zero-order chi connectivity index (χ0) is 14.7. The van der Waals surface area contributed by atoms with Crippen LogP contribution in [0.25, 0.3) is 0 Å². The van der Waals surface area contributed by atoms with Gasteiger partial charge in [0.1, 0.15) is 14.9 Å². The molecule has 0 aromatic carbocycles. The molecule has 1 unspecified atom stereocenters. The van der Waals surface area contributed by atoms with E-state index in [2.05, 4.69) is 25.6 Å². The van der Waals surface area contributed by atoms with Crippen molar-refractivity contribution in [3.8, 4) is 0 Å². The van der Waals surface area contributed by atoms with Gasteiger partial charge in [-0.05, 0) is 61.3 Å². The van der Waals surface area contributed by atoms with Crippen LogP contribution in [0.1, 0.15) is 33.3 Å². The fourth-order valence-corrected chi connectivity index (χ4v) is 2.82. The van der Waals surface area contributed by atoms with Crippen molar-refractivity contribution >= 4 is 27.3 Å². The summed E-state index contributed by atoms with van der Waals surface area (Å²) in [5.41, 5.74) is 0.451. The molecule has 1 heterocycles. The van der Waals surface area contributed by atoms with Gasteiger partial charge in [0.15, 0.2) is 0 Å². The molecule has 0 aliphatic heterocycles. The van der Waals surface area contributed by atoms with Gasteiger partial charge >= 0.3 is 0 Å². The van der Waals surface area contributed by atoms with E-state index >= 15 is 0 Å². The predicted octanol–water partition coefficient (Wildman–Crippen LogP) is 2.76. The molecule has 6 heteroatoms. The van der Waals surface area contributed by atoms with Crippen molar-refractivity contribution in [3.05, 3.63) is 28.5 Å². The minimum Gasteiger partial charge on any atom is -0.598 e. The normalized spacial score (nSPS) is 17.0. The van der Waals surface area contributed by atoms with Crippen LogP contribution in [0.5, 0.6) is 0 Å². The zero-order valence-corrected chi connectivity index (χ0v) is 14.4. The lowest BCUT2D eigenvalue weighted by Crippen LogP contribution is -2.52. The van der Waals surface area contributed by atoms with E-state index in [0.29, 0.717) is 6.61 Å². The number of ether oxygens (including phenoxy) is 1. The van der Waals surface area contributed by atoms with E-state index in [4.69, 9.17) is 4.74 Å². The lowest BCUT2D eigenvalue weighted by atomic mass is 9.95. The number of halogens is 1. The molecule has 0 spiro atoms. The molecule has 1 aromatic rings. The molecular formula is C13H21BrN2O2S. The fourth-order valence-electron chi connectivity index (χ4n) is 1.56. The van der Waals surface area contributed by atoms with Gasteiger partial charge in [-0.25, -0.2) is 4.98 Å². The van der Waals surface area contributed by atoms with Crippen molar-refractivity contribution in [2.45, 2.75) is 38.0 Å². The summed E-state index contributed by atoms with van der Waals surface area (Å²) in [6.45, 7) is 8.20. The molecule has 1 N–H and O–H groups in total. The Morgan fingerprint density at radius 1 is 1.42 bits per heavy atom. The summed E-state index contributed by atoms with van der Waals surface area (Å²) in [7, 11) is 1.64. The maximum Gasteiger partial charge on any atom is 0.136 e. The Morgan fingerprint density at radius 3 is 2.53 bits per heavy atom. The molecule has 4 nitrogen and oxygen atoms in total. The Balaban J connectivity index is 3.03. The van der Waals surface area contributed by atoms with Crippen LogP contribution < -0.4 is 4.72 Å². The Hall–Kier alpha value is -0.140. The van der Waals surface area contributed by atoms with Gasteiger partial charge in [0.25, 0.3) is 0 Å². The first kappa shape index (κ1) is 16.9. The Morgan fingerprint density at radius 2 is 2.05 bits per heavy atom. The summed E-state index contributed by atoms with van der Waals surface area (Å²) in [6.07, 6.45) is 1.72. The minimum atomic E-state index is -1.18. The molecule has 0 amide bonds. The van der Waals surface area contributed by atoms with Gasteiger partial charge in [-0.1, -0.05) is 0 Å². The standard InChI is InChI=1S/C13H21BrN2O2S/c1-12(2,3)19(17)16-13(4,9-18-5)10-6-7-15-11(14)8-10/h6-8,16H,9H2,1-5H3/t13?,19-/m0/s1. The van der Waals surface area contributed by atoms with Crippen LogP contribution in [-0.2, 0) is 21.6 Å². The lowest BCUT2D eigenvalue weighted by molar-refractivity contribution is 0.131. The van der Waals surface area contributed by atoms with Crippen LogP contribution >= 0.6 is 15.9 Å². The molecule has 0 bridgehead atoms. The number of nitrogens with zero attached hydrogens (tertiary/aromatic N) is 1. The van der Waals surface area contributed by atoms with E-state index in [1.807, 2.05) is 39.8 Å². The first-order chi connectivity index (χ1) is 8.69. The molecular weight excluding hydrogens is 328 g/mol. The van der Waals surface area contributed by atoms with E-state index in [1.54, 1.807) is 13.3 Å². The van der Waals surface area contributed by atoms with Gasteiger partial charge < -0.3 is 9.29 Å². The third-order valence-electron chi connectivity index (χ3n) is 2.67. The van der Waals surface area contributed by atoms with Gasteiger partial charge in [-0.2, -0.15) is 0 Å². The Labute approximate surface area is 126 Å². The molecule has 0 fully saturated rings. The summed E-state index contributed by atoms with van der Waals surface area (Å²) in [4.78, 5) is 4.11. The topological polar surface area (TPSA) is 57.2 Å². The van der Waals surface area contributed by atoms with Gasteiger partial charge in [-0.15, -0.1) is 4.72 Å². The summed E-state index contributed by atoms with van der Waals surface area (Å²) in [6, 6.07) is 3.81. The molecule has 19 heavy (non-hydrogen) atoms. The highest BCUT2D eigenvalue weighted by Crippen LogP contribution is 2.26. The molecule has 2 atom stereocenters. The number of rotatable bonds is 5. The molecule has 0 aliphatic rings. The summed E-state index contributed by atoms with van der Waals surface area (Å²) in [5, 5.41) is 0. The zero-order valence-electron chi connectivity index (χ0n) is 12.0. The molecule has 0 radical (unpaired) electrons. The van der Waals surface area contributed by atoms with Gasteiger partial charge in [-0.3, -0.25) is 0 Å². The molecule has 0 aliphatic carbocycles. The third kappa shape index (κ3) is 4.72. The maximum absolute atomic E-state index is 12.3. The second-order valence-electron chi connectivity index (χ2n) is 5.62. The average Bonchev–Trinajstić information content (AvgIpc) is 2.28. The SMILES string of the molecule is COCC(C)(N[S@@+]([O-])C(C)(C)C)c1ccnc(Br)c1. The number of hydrogen-bond donors (Lipinski definition) is 1. The first-order valence-electron chi connectivity index (χ1n) is 6.00. The minimum absolute atomic E-state index is 0.334. The molecule has 1 aromatic heterocycles. The number of hydrogen-bond acceptors (Lipinski definition) is 4. The third-order valence-corrected chi connectivity index (χ3v) is 4.85. The van der Waals surface area contributed by atoms with Crippen molar-refractivity contribution in [1.29, 1.82) is 0 Å². The van der Waals surface area contributed by atoms with Crippen molar-refractivity contribution in [2.24, 2.45) is 0 Å². The molecule has 0 saturated carbocycles. The van der Waals surface area contributed by atoms with E-state index in [-0.39, 0.29) is 4.75 Å². The van der Waals surface area contributed by atoms with Crippen LogP contribution in [-0.4, -0.2) is 28.0 Å². The predicted molar refractivity (Wildman–Crippen MR) is 82.2 cm³/mol. The van der Waals surface area contributed by atoms with E-state index in [1.165, 1.54) is 0 Å². The van der Waals surface area contributed by atoms with Crippen LogP contribution in [0, 0.1) is 0 Å². The van der Waals surface area contributed by atoms with Crippen molar-refractivity contribution < 1.29 is 9.29 Å². The summed E-state index contributed by atoms with van der Waals surface area (Å²) >= 11 is 2.17. The average molecular weight is 349 g/mol. The van der Waals surface area contributed by atoms with E-state index < -0.39 is 16.9 Å². The van der Waals surface area contributed by atoms with Gasteiger partial charge in [0, 0.05) is 24.7 Å². The largest absolute Gasteiger partial charge is 0.598 e. The first-order valence-corrected chi connectivity index (χ1v) is 7.94. The smallest absolute Gasteiger partial charge is 0.136 e. The summed E-state index contributed by atoms with van der Waals surface area (Å²) < 4.78 is 21.2. The van der Waals surface area contributed by atoms with Crippen molar-refractivity contribution in [2.75, 3.05) is 13.7 Å². The Kier molecular flexibility index (Phi) is 5.82. The highest BCUT2D eigenvalue weighted by molar-refractivity contribution is 9.10. The number of aromatic nitrogens is 1. The monoisotopic (exact) mass is 348 g/mol. The van der Waals surface area contributed by atoms with Crippen molar-refractivity contribution in [1.82, 2.24) is 9.71 Å². The van der Waals surface area contributed by atoms with Crippen LogP contribution in [0.2, 0.25) is 0 Å². The molecule has 108 valence electrons. The fraction of sp³-hybridized carbons (Fsp3) is 0.615. The second kappa shape index (κ2) is 6.54. The summed E-state index contributed by atoms with van der Waals surface area (Å²) in [5.74, 6) is 0. The van der Waals surface area contributed by atoms with Gasteiger partial charge in [0.2, 0.25) is 0 Å². The van der Waals surface area contributed by atoms with Crippen LogP contribution in [0.15, 0.2) is 22.9 Å². The number of methoxy groups -OCH3 is 1. The highest BCUT2D eigenvalue weighted by Gasteiger charge is 2.37. The van der Waals surface area contributed by atoms with E-state index in [9.17, 15) is 4.55 Å². The molecule has 1 rings (SSSR count). The second-order valence-corrected chi connectivity index (χ2v) is 8.39. The van der Waals surface area contributed by atoms with Crippen LogP contribution in [0.4, 0.5) is 0 Å². The molecule has 0 saturated heterocycles. The Bertz CT molecular complexity index is 425. The van der Waals surface area contributed by atoms with Crippen LogP contribution in [0.3, 0.4) is 0 Å².